The molecule has 94 valence electrons. The smallest absolute Gasteiger partial charge is 0.150 e. The lowest BCUT2D eigenvalue weighted by molar-refractivity contribution is 0.563. The van der Waals surface area contributed by atoms with E-state index in [9.17, 15) is 8.42 Å². The molecule has 17 heavy (non-hydrogen) atoms. The molecule has 1 aromatic carbocycles. The van der Waals surface area contributed by atoms with Crippen LogP contribution in [0.1, 0.15) is 12.0 Å². The zero-order chi connectivity index (χ0) is 12.5. The number of benzene rings is 1. The van der Waals surface area contributed by atoms with E-state index in [-0.39, 0.29) is 10.7 Å². The van der Waals surface area contributed by atoms with E-state index in [0.717, 1.165) is 17.3 Å². The summed E-state index contributed by atoms with van der Waals surface area (Å²) >= 11 is 7.04. The summed E-state index contributed by atoms with van der Waals surface area (Å²) in [6, 6.07) is 8.17. The SMILES string of the molecule is O=S1(=O)CCC(C(Br)Cc2ccc(Br)cc2)C1. The molecule has 1 fully saturated rings. The number of sulfone groups is 1. The molecule has 5 heteroatoms. The molecular weight excluding hydrogens is 368 g/mol. The first-order chi connectivity index (χ1) is 7.96. The zero-order valence-corrected chi connectivity index (χ0v) is 13.3. The molecule has 1 aliphatic heterocycles. The molecule has 0 amide bonds. The Morgan fingerprint density at radius 3 is 2.47 bits per heavy atom. The van der Waals surface area contributed by atoms with Crippen molar-refractivity contribution in [3.8, 4) is 0 Å². The fourth-order valence-corrected chi connectivity index (χ4v) is 5.34. The number of hydrogen-bond donors (Lipinski definition) is 0. The summed E-state index contributed by atoms with van der Waals surface area (Å²) in [6.45, 7) is 0. The molecule has 1 aromatic rings. The molecule has 2 nitrogen and oxygen atoms in total. The normalized spacial score (nSPS) is 24.7. The summed E-state index contributed by atoms with van der Waals surface area (Å²) < 4.78 is 23.9. The Balaban J connectivity index is 1.98. The molecule has 1 heterocycles. The van der Waals surface area contributed by atoms with E-state index in [0.29, 0.717) is 11.5 Å². The number of rotatable bonds is 3. The number of alkyl halides is 1. The van der Waals surface area contributed by atoms with Crippen molar-refractivity contribution in [2.45, 2.75) is 17.7 Å². The molecule has 2 unspecified atom stereocenters. The molecule has 0 radical (unpaired) electrons. The van der Waals surface area contributed by atoms with Crippen molar-refractivity contribution in [1.29, 1.82) is 0 Å². The quantitative estimate of drug-likeness (QED) is 0.753. The van der Waals surface area contributed by atoms with Gasteiger partial charge >= 0.3 is 0 Å². The van der Waals surface area contributed by atoms with E-state index in [1.165, 1.54) is 5.56 Å². The maximum atomic E-state index is 11.4. The van der Waals surface area contributed by atoms with Crippen LogP contribution in [0.5, 0.6) is 0 Å². The zero-order valence-electron chi connectivity index (χ0n) is 9.27. The Kier molecular flexibility index (Phi) is 4.31. The summed E-state index contributed by atoms with van der Waals surface area (Å²) in [4.78, 5) is 0.251. The minimum atomic E-state index is -2.78. The highest BCUT2D eigenvalue weighted by Gasteiger charge is 2.32. The fourth-order valence-electron chi connectivity index (χ4n) is 2.12. The third-order valence-electron chi connectivity index (χ3n) is 3.12. The Morgan fingerprint density at radius 2 is 1.94 bits per heavy atom. The van der Waals surface area contributed by atoms with Crippen molar-refractivity contribution in [3.05, 3.63) is 34.3 Å². The molecule has 0 saturated carbocycles. The third-order valence-corrected chi connectivity index (χ3v) is 6.52. The molecule has 0 N–H and O–H groups in total. The summed E-state index contributed by atoms with van der Waals surface area (Å²) in [6.07, 6.45) is 1.67. The van der Waals surface area contributed by atoms with Gasteiger partial charge < -0.3 is 0 Å². The van der Waals surface area contributed by atoms with Gasteiger partial charge in [-0.25, -0.2) is 8.42 Å². The van der Waals surface area contributed by atoms with Gasteiger partial charge in [0.05, 0.1) is 11.5 Å². The van der Waals surface area contributed by atoms with Crippen LogP contribution < -0.4 is 0 Å². The summed E-state index contributed by atoms with van der Waals surface area (Å²) in [7, 11) is -2.78. The van der Waals surface area contributed by atoms with Crippen molar-refractivity contribution in [3.63, 3.8) is 0 Å². The van der Waals surface area contributed by atoms with Crippen LogP contribution in [0, 0.1) is 5.92 Å². The third kappa shape index (κ3) is 3.80. The molecular formula is C12H14Br2O2S. The van der Waals surface area contributed by atoms with Gasteiger partial charge in [-0.3, -0.25) is 0 Å². The van der Waals surface area contributed by atoms with Crippen molar-refractivity contribution >= 4 is 41.7 Å². The number of hydrogen-bond acceptors (Lipinski definition) is 2. The van der Waals surface area contributed by atoms with Crippen LogP contribution in [0.2, 0.25) is 0 Å². The van der Waals surface area contributed by atoms with Crippen LogP contribution in [0.15, 0.2) is 28.7 Å². The van der Waals surface area contributed by atoms with Gasteiger partial charge in [0.15, 0.2) is 9.84 Å². The lowest BCUT2D eigenvalue weighted by Gasteiger charge is -2.15. The number of halogens is 2. The summed E-state index contributed by atoms with van der Waals surface area (Å²) in [5, 5.41) is 0. The van der Waals surface area contributed by atoms with E-state index >= 15 is 0 Å². The van der Waals surface area contributed by atoms with E-state index in [4.69, 9.17) is 0 Å². The largest absolute Gasteiger partial charge is 0.229 e. The topological polar surface area (TPSA) is 34.1 Å². The van der Waals surface area contributed by atoms with Gasteiger partial charge in [-0.15, -0.1) is 0 Å². The second kappa shape index (κ2) is 5.41. The van der Waals surface area contributed by atoms with Crippen LogP contribution >= 0.6 is 31.9 Å². The second-order valence-corrected chi connectivity index (χ2v) is 8.83. The molecule has 0 spiro atoms. The maximum absolute atomic E-state index is 11.4. The Hall–Kier alpha value is 0.130. The van der Waals surface area contributed by atoms with E-state index in [1.54, 1.807) is 0 Å². The molecule has 1 saturated heterocycles. The van der Waals surface area contributed by atoms with Crippen molar-refractivity contribution in [2.24, 2.45) is 5.92 Å². The summed E-state index contributed by atoms with van der Waals surface area (Å²) in [5.41, 5.74) is 1.24. The first-order valence-electron chi connectivity index (χ1n) is 5.55. The van der Waals surface area contributed by atoms with Gasteiger partial charge in [0.2, 0.25) is 0 Å². The van der Waals surface area contributed by atoms with Crippen LogP contribution in [-0.2, 0) is 16.3 Å². The lowest BCUT2D eigenvalue weighted by atomic mass is 9.99. The molecule has 0 aliphatic carbocycles. The van der Waals surface area contributed by atoms with Gasteiger partial charge in [0.25, 0.3) is 0 Å². The van der Waals surface area contributed by atoms with E-state index in [1.807, 2.05) is 12.1 Å². The average Bonchev–Trinajstić information content (AvgIpc) is 2.62. The van der Waals surface area contributed by atoms with Crippen LogP contribution in [-0.4, -0.2) is 24.8 Å². The van der Waals surface area contributed by atoms with Crippen LogP contribution in [0.25, 0.3) is 0 Å². The molecule has 1 aliphatic rings. The Morgan fingerprint density at radius 1 is 1.29 bits per heavy atom. The van der Waals surface area contributed by atoms with Crippen LogP contribution in [0.3, 0.4) is 0 Å². The van der Waals surface area contributed by atoms with Crippen LogP contribution in [0.4, 0.5) is 0 Å². The molecule has 2 rings (SSSR count). The lowest BCUT2D eigenvalue weighted by Crippen LogP contribution is -2.18. The minimum absolute atomic E-state index is 0.251. The first-order valence-corrected chi connectivity index (χ1v) is 9.08. The second-order valence-electron chi connectivity index (χ2n) is 4.51. The predicted molar refractivity (Wildman–Crippen MR) is 77.3 cm³/mol. The Labute approximate surface area is 119 Å². The van der Waals surface area contributed by atoms with Gasteiger partial charge in [0, 0.05) is 9.30 Å². The fraction of sp³-hybridized carbons (Fsp3) is 0.500. The highest BCUT2D eigenvalue weighted by Crippen LogP contribution is 2.28. The molecule has 0 bridgehead atoms. The van der Waals surface area contributed by atoms with Gasteiger partial charge in [-0.2, -0.15) is 0 Å². The molecule has 2 atom stereocenters. The monoisotopic (exact) mass is 380 g/mol. The molecule has 0 aromatic heterocycles. The Bertz CT molecular complexity index is 482. The first kappa shape index (κ1) is 13.6. The van der Waals surface area contributed by atoms with Gasteiger partial charge in [-0.1, -0.05) is 44.0 Å². The highest BCUT2D eigenvalue weighted by atomic mass is 79.9. The van der Waals surface area contributed by atoms with Crippen molar-refractivity contribution in [2.75, 3.05) is 11.5 Å². The van der Waals surface area contributed by atoms with E-state index < -0.39 is 9.84 Å². The van der Waals surface area contributed by atoms with Gasteiger partial charge in [-0.05, 0) is 36.5 Å². The standard InChI is InChI=1S/C12H14Br2O2S/c13-11-3-1-9(2-4-11)7-12(14)10-5-6-17(15,16)8-10/h1-4,10,12H,5-8H2. The summed E-state index contributed by atoms with van der Waals surface area (Å²) in [5.74, 6) is 0.933. The maximum Gasteiger partial charge on any atom is 0.150 e. The van der Waals surface area contributed by atoms with Crippen molar-refractivity contribution in [1.82, 2.24) is 0 Å². The van der Waals surface area contributed by atoms with Gasteiger partial charge in [0.1, 0.15) is 0 Å². The predicted octanol–water partition coefficient (Wildman–Crippen LogP) is 3.19. The van der Waals surface area contributed by atoms with Crippen molar-refractivity contribution < 1.29 is 8.42 Å². The van der Waals surface area contributed by atoms with E-state index in [2.05, 4.69) is 44.0 Å². The highest BCUT2D eigenvalue weighted by molar-refractivity contribution is 9.10. The average molecular weight is 382 g/mol. The minimum Gasteiger partial charge on any atom is -0.229 e.